The molecule has 5 nitrogen and oxygen atoms in total. The quantitative estimate of drug-likeness (QED) is 0.843. The molecule has 0 aliphatic carbocycles. The van der Waals surface area contributed by atoms with Crippen molar-refractivity contribution in [1.29, 1.82) is 0 Å². The lowest BCUT2D eigenvalue weighted by Gasteiger charge is -2.20. The lowest BCUT2D eigenvalue weighted by atomic mass is 10.2. The molecule has 0 radical (unpaired) electrons. The van der Waals surface area contributed by atoms with Gasteiger partial charge in [-0.2, -0.15) is 0 Å². The highest BCUT2D eigenvalue weighted by Crippen LogP contribution is 2.29. The number of hydrogen-bond donors (Lipinski definition) is 0. The van der Waals surface area contributed by atoms with Gasteiger partial charge in [-0.25, -0.2) is 9.36 Å². The normalized spacial score (nSPS) is 11.7. The summed E-state index contributed by atoms with van der Waals surface area (Å²) in [6.45, 7) is 7.54. The van der Waals surface area contributed by atoms with Gasteiger partial charge in [0.1, 0.15) is 16.9 Å². The molecule has 0 atom stereocenters. The van der Waals surface area contributed by atoms with Crippen molar-refractivity contribution in [2.24, 2.45) is 0 Å². The van der Waals surface area contributed by atoms with E-state index in [1.807, 2.05) is 27.7 Å². The van der Waals surface area contributed by atoms with Crippen LogP contribution in [0.5, 0.6) is 5.75 Å². The van der Waals surface area contributed by atoms with Gasteiger partial charge < -0.3 is 9.47 Å². The van der Waals surface area contributed by atoms with Crippen LogP contribution in [0.4, 0.5) is 4.79 Å². The molecule has 108 valence electrons. The smallest absolute Gasteiger partial charge is 0.419 e. The van der Waals surface area contributed by atoms with E-state index in [1.54, 1.807) is 25.6 Å². The predicted octanol–water partition coefficient (Wildman–Crippen LogP) is 3.39. The molecule has 0 fully saturated rings. The highest BCUT2D eigenvalue weighted by molar-refractivity contribution is 5.93. The van der Waals surface area contributed by atoms with Gasteiger partial charge in [-0.15, -0.1) is 0 Å². The summed E-state index contributed by atoms with van der Waals surface area (Å²) in [6, 6.07) is 1.74. The molecule has 0 saturated carbocycles. The van der Waals surface area contributed by atoms with Crippen molar-refractivity contribution in [3.8, 4) is 5.75 Å². The highest BCUT2D eigenvalue weighted by atomic mass is 16.6. The van der Waals surface area contributed by atoms with Crippen LogP contribution in [0.15, 0.2) is 18.5 Å². The van der Waals surface area contributed by atoms with E-state index in [9.17, 15) is 4.79 Å². The largest absolute Gasteiger partial charge is 0.494 e. The van der Waals surface area contributed by atoms with E-state index in [2.05, 4.69) is 4.98 Å². The molecule has 0 aromatic carbocycles. The second-order valence-electron chi connectivity index (χ2n) is 5.57. The van der Waals surface area contributed by atoms with Crippen LogP contribution in [0.3, 0.4) is 0 Å². The summed E-state index contributed by atoms with van der Waals surface area (Å²) >= 11 is 0. The molecule has 0 saturated heterocycles. The molecule has 0 unspecified atom stereocenters. The molecule has 2 aromatic rings. The minimum absolute atomic E-state index is 0.423. The highest BCUT2D eigenvalue weighted by Gasteiger charge is 2.22. The van der Waals surface area contributed by atoms with Crippen molar-refractivity contribution in [3.05, 3.63) is 24.0 Å². The second-order valence-corrected chi connectivity index (χ2v) is 5.57. The molecular formula is C15H20N2O3. The molecule has 0 spiro atoms. The number of aromatic nitrogens is 2. The number of carbonyl (C=O) groups is 1. The number of ether oxygens (including phenoxy) is 2. The van der Waals surface area contributed by atoms with Gasteiger partial charge in [-0.05, 0) is 32.8 Å². The van der Waals surface area contributed by atoms with Crippen LogP contribution in [0.1, 0.15) is 33.3 Å². The minimum atomic E-state index is -0.546. The Balaban J connectivity index is 2.61. The van der Waals surface area contributed by atoms with Gasteiger partial charge in [-0.3, -0.25) is 4.98 Å². The van der Waals surface area contributed by atoms with E-state index in [0.717, 1.165) is 17.5 Å². The average Bonchev–Trinajstić information content (AvgIpc) is 2.75. The zero-order valence-electron chi connectivity index (χ0n) is 12.6. The average molecular weight is 276 g/mol. The number of pyridine rings is 1. The molecule has 2 heterocycles. The molecule has 2 rings (SSSR count). The number of aryl methyl sites for hydroxylation is 1. The molecule has 5 heteroatoms. The second kappa shape index (κ2) is 5.15. The molecule has 20 heavy (non-hydrogen) atoms. The molecule has 0 aliphatic rings. The first-order chi connectivity index (χ1) is 9.37. The summed E-state index contributed by atoms with van der Waals surface area (Å²) in [5.74, 6) is 0.612. The number of rotatable bonds is 2. The summed E-state index contributed by atoms with van der Waals surface area (Å²) in [5.41, 5.74) is 1.87. The maximum absolute atomic E-state index is 12.3. The van der Waals surface area contributed by atoms with Gasteiger partial charge in [0.25, 0.3) is 0 Å². The van der Waals surface area contributed by atoms with Crippen LogP contribution in [-0.4, -0.2) is 28.4 Å². The molecular weight excluding hydrogens is 256 g/mol. The monoisotopic (exact) mass is 276 g/mol. The predicted molar refractivity (Wildman–Crippen MR) is 77.3 cm³/mol. The maximum Gasteiger partial charge on any atom is 0.419 e. The van der Waals surface area contributed by atoms with Gasteiger partial charge in [0, 0.05) is 18.5 Å². The Morgan fingerprint density at radius 2 is 2.10 bits per heavy atom. The summed E-state index contributed by atoms with van der Waals surface area (Å²) in [5, 5.41) is 0. The summed E-state index contributed by atoms with van der Waals surface area (Å²) in [7, 11) is 1.58. The fourth-order valence-corrected chi connectivity index (χ4v) is 2.06. The Hall–Kier alpha value is -2.04. The first-order valence-corrected chi connectivity index (χ1v) is 6.63. The Kier molecular flexibility index (Phi) is 3.70. The lowest BCUT2D eigenvalue weighted by molar-refractivity contribution is 0.0543. The fourth-order valence-electron chi connectivity index (χ4n) is 2.06. The first kappa shape index (κ1) is 14.4. The molecule has 0 aliphatic heterocycles. The van der Waals surface area contributed by atoms with Crippen molar-refractivity contribution < 1.29 is 14.3 Å². The summed E-state index contributed by atoms with van der Waals surface area (Å²) < 4.78 is 12.2. The van der Waals surface area contributed by atoms with Gasteiger partial charge in [0.05, 0.1) is 12.6 Å². The number of nitrogens with zero attached hydrogens (tertiary/aromatic N) is 2. The van der Waals surface area contributed by atoms with Crippen LogP contribution in [0.25, 0.3) is 11.0 Å². The molecule has 2 aromatic heterocycles. The van der Waals surface area contributed by atoms with E-state index in [1.165, 1.54) is 4.57 Å². The standard InChI is InChI=1S/C15H20N2O3/c1-6-10-9-17(14(18)20-15(2,3)4)13-11(19-5)7-8-16-12(10)13/h7-9H,6H2,1-5H3. The van der Waals surface area contributed by atoms with Gasteiger partial charge in [0.15, 0.2) is 0 Å². The Bertz CT molecular complexity index is 638. The fraction of sp³-hybridized carbons (Fsp3) is 0.467. The zero-order valence-corrected chi connectivity index (χ0v) is 12.6. The topological polar surface area (TPSA) is 53.4 Å². The van der Waals surface area contributed by atoms with E-state index in [4.69, 9.17) is 9.47 Å². The van der Waals surface area contributed by atoms with Gasteiger partial charge in [0.2, 0.25) is 0 Å². The van der Waals surface area contributed by atoms with E-state index in [0.29, 0.717) is 11.3 Å². The van der Waals surface area contributed by atoms with Crippen LogP contribution in [0, 0.1) is 0 Å². The van der Waals surface area contributed by atoms with E-state index in [-0.39, 0.29) is 0 Å². The third-order valence-electron chi connectivity index (χ3n) is 2.91. The van der Waals surface area contributed by atoms with E-state index < -0.39 is 11.7 Å². The number of carbonyl (C=O) groups excluding carboxylic acids is 1. The molecule has 0 bridgehead atoms. The first-order valence-electron chi connectivity index (χ1n) is 6.63. The number of methoxy groups -OCH3 is 1. The Morgan fingerprint density at radius 1 is 1.40 bits per heavy atom. The number of fused-ring (bicyclic) bond motifs is 1. The van der Waals surface area contributed by atoms with Gasteiger partial charge in [-0.1, -0.05) is 6.92 Å². The van der Waals surface area contributed by atoms with Crippen molar-refractivity contribution in [3.63, 3.8) is 0 Å². The molecule has 0 N–H and O–H groups in total. The molecule has 0 amide bonds. The summed E-state index contributed by atoms with van der Waals surface area (Å²) in [4.78, 5) is 16.7. The van der Waals surface area contributed by atoms with Crippen LogP contribution in [0.2, 0.25) is 0 Å². The third kappa shape index (κ3) is 2.61. The zero-order chi connectivity index (χ0) is 14.9. The minimum Gasteiger partial charge on any atom is -0.494 e. The maximum atomic E-state index is 12.3. The Labute approximate surface area is 118 Å². The van der Waals surface area contributed by atoms with Crippen LogP contribution >= 0.6 is 0 Å². The number of hydrogen-bond acceptors (Lipinski definition) is 4. The SMILES string of the molecule is CCc1cn(C(=O)OC(C)(C)C)c2c(OC)ccnc12. The van der Waals surface area contributed by atoms with Crippen LogP contribution in [-0.2, 0) is 11.2 Å². The lowest BCUT2D eigenvalue weighted by Crippen LogP contribution is -2.26. The van der Waals surface area contributed by atoms with Crippen molar-refractivity contribution >= 4 is 17.1 Å². The Morgan fingerprint density at radius 3 is 2.65 bits per heavy atom. The van der Waals surface area contributed by atoms with Crippen LogP contribution < -0.4 is 4.74 Å². The van der Waals surface area contributed by atoms with Gasteiger partial charge >= 0.3 is 6.09 Å². The third-order valence-corrected chi connectivity index (χ3v) is 2.91. The van der Waals surface area contributed by atoms with Crippen molar-refractivity contribution in [2.75, 3.05) is 7.11 Å². The van der Waals surface area contributed by atoms with Crippen molar-refractivity contribution in [1.82, 2.24) is 9.55 Å². The summed E-state index contributed by atoms with van der Waals surface area (Å²) in [6.07, 6.45) is 3.81. The van der Waals surface area contributed by atoms with E-state index >= 15 is 0 Å². The van der Waals surface area contributed by atoms with Crippen molar-refractivity contribution in [2.45, 2.75) is 39.7 Å².